The summed E-state index contributed by atoms with van der Waals surface area (Å²) < 4.78 is 28.7. The van der Waals surface area contributed by atoms with Gasteiger partial charge in [-0.15, -0.1) is 11.3 Å². The summed E-state index contributed by atoms with van der Waals surface area (Å²) in [6.07, 6.45) is 11.1. The van der Waals surface area contributed by atoms with Crippen LogP contribution in [0.3, 0.4) is 0 Å². The van der Waals surface area contributed by atoms with Crippen molar-refractivity contribution in [3.8, 4) is 0 Å². The maximum Gasteiger partial charge on any atom is 0.252 e. The van der Waals surface area contributed by atoms with E-state index in [9.17, 15) is 18.6 Å². The quantitative estimate of drug-likeness (QED) is 0.562. The molecule has 0 bridgehead atoms. The highest BCUT2D eigenvalue weighted by Crippen LogP contribution is 2.66. The minimum absolute atomic E-state index is 0.0993. The number of aliphatic hydroxyl groups is 2. The monoisotopic (exact) mass is 505 g/mol. The Kier molecular flexibility index (Phi) is 6.21. The summed E-state index contributed by atoms with van der Waals surface area (Å²) in [5.41, 5.74) is 1.55. The molecule has 4 aliphatic rings. The van der Waals surface area contributed by atoms with E-state index in [1.54, 1.807) is 17.5 Å². The molecule has 5 rings (SSSR count). The molecule has 0 aliphatic heterocycles. The Hall–Kier alpha value is -0.990. The Morgan fingerprint density at radius 2 is 1.88 bits per heavy atom. The minimum atomic E-state index is -3.62. The summed E-state index contributed by atoms with van der Waals surface area (Å²) in [5, 5.41) is 24.2. The van der Waals surface area contributed by atoms with Crippen LogP contribution in [0.15, 0.2) is 45.0 Å². The van der Waals surface area contributed by atoms with Crippen LogP contribution < -0.4 is 0 Å². The summed E-state index contributed by atoms with van der Waals surface area (Å²) in [6, 6.07) is 3.43. The number of sulfonamides is 1. The Morgan fingerprint density at radius 1 is 1.12 bits per heavy atom. The van der Waals surface area contributed by atoms with E-state index in [0.29, 0.717) is 29.5 Å². The summed E-state index contributed by atoms with van der Waals surface area (Å²) in [4.78, 5) is 0. The first-order valence-corrected chi connectivity index (χ1v) is 15.2. The Labute approximate surface area is 208 Å². The molecule has 188 valence electrons. The zero-order valence-electron chi connectivity index (χ0n) is 20.7. The van der Waals surface area contributed by atoms with Gasteiger partial charge in [0.2, 0.25) is 0 Å². The highest BCUT2D eigenvalue weighted by Gasteiger charge is 2.62. The van der Waals surface area contributed by atoms with Crippen LogP contribution in [-0.4, -0.2) is 47.7 Å². The highest BCUT2D eigenvalue weighted by atomic mass is 32.2. The topological polar surface area (TPSA) is 77.8 Å². The van der Waals surface area contributed by atoms with Crippen LogP contribution in [0.4, 0.5) is 0 Å². The van der Waals surface area contributed by atoms with Crippen molar-refractivity contribution in [2.24, 2.45) is 22.7 Å². The molecular formula is C27H39NO4S2. The zero-order chi connectivity index (χ0) is 24.4. The van der Waals surface area contributed by atoms with Crippen LogP contribution in [0, 0.1) is 22.7 Å². The first-order valence-electron chi connectivity index (χ1n) is 12.9. The van der Waals surface area contributed by atoms with Crippen molar-refractivity contribution in [3.63, 3.8) is 0 Å². The van der Waals surface area contributed by atoms with E-state index in [1.165, 1.54) is 26.8 Å². The van der Waals surface area contributed by atoms with Gasteiger partial charge in [0.05, 0.1) is 11.7 Å². The number of rotatable bonds is 6. The van der Waals surface area contributed by atoms with Gasteiger partial charge in [0, 0.05) is 18.5 Å². The third-order valence-electron chi connectivity index (χ3n) is 9.87. The van der Waals surface area contributed by atoms with E-state index in [4.69, 9.17) is 0 Å². The number of fused-ring (bicyclic) bond motifs is 5. The maximum absolute atomic E-state index is 13.4. The molecule has 0 amide bonds. The molecule has 0 saturated heterocycles. The lowest BCUT2D eigenvalue weighted by atomic mass is 9.50. The van der Waals surface area contributed by atoms with Gasteiger partial charge < -0.3 is 10.2 Å². The molecule has 3 fully saturated rings. The molecular weight excluding hydrogens is 466 g/mol. The smallest absolute Gasteiger partial charge is 0.252 e. The Morgan fingerprint density at radius 3 is 2.59 bits per heavy atom. The van der Waals surface area contributed by atoms with E-state index in [0.717, 1.165) is 38.5 Å². The van der Waals surface area contributed by atoms with Crippen LogP contribution in [0.2, 0.25) is 0 Å². The van der Waals surface area contributed by atoms with Crippen molar-refractivity contribution in [3.05, 3.63) is 40.8 Å². The van der Waals surface area contributed by atoms with Crippen molar-refractivity contribution >= 4 is 21.4 Å². The van der Waals surface area contributed by atoms with Crippen molar-refractivity contribution in [1.29, 1.82) is 0 Å². The lowest BCUT2D eigenvalue weighted by Crippen LogP contribution is -2.56. The third-order valence-corrected chi connectivity index (χ3v) is 13.1. The van der Waals surface area contributed by atoms with Gasteiger partial charge in [-0.3, -0.25) is 0 Å². The molecule has 1 aromatic heterocycles. The maximum atomic E-state index is 13.4. The molecule has 0 aromatic carbocycles. The largest absolute Gasteiger partial charge is 0.393 e. The molecule has 3 saturated carbocycles. The average Bonchev–Trinajstić information content (AvgIpc) is 3.42. The van der Waals surface area contributed by atoms with Crippen LogP contribution in [-0.2, 0) is 10.0 Å². The van der Waals surface area contributed by atoms with Crippen LogP contribution in [0.1, 0.15) is 72.1 Å². The van der Waals surface area contributed by atoms with E-state index < -0.39 is 15.6 Å². The van der Waals surface area contributed by atoms with Crippen LogP contribution >= 0.6 is 11.3 Å². The highest BCUT2D eigenvalue weighted by molar-refractivity contribution is 7.91. The predicted octanol–water partition coefficient (Wildman–Crippen LogP) is 5.12. The van der Waals surface area contributed by atoms with E-state index in [1.807, 2.05) is 6.92 Å². The molecule has 6 atom stereocenters. The Bertz CT molecular complexity index is 1090. The van der Waals surface area contributed by atoms with Crippen LogP contribution in [0.5, 0.6) is 0 Å². The normalized spacial score (nSPS) is 39.8. The van der Waals surface area contributed by atoms with E-state index >= 15 is 0 Å². The molecule has 2 N–H and O–H groups in total. The number of aliphatic hydroxyl groups excluding tert-OH is 1. The minimum Gasteiger partial charge on any atom is -0.393 e. The van der Waals surface area contributed by atoms with Crippen molar-refractivity contribution in [2.75, 3.05) is 13.1 Å². The summed E-state index contributed by atoms with van der Waals surface area (Å²) in [7, 11) is -3.62. The molecule has 34 heavy (non-hydrogen) atoms. The fourth-order valence-corrected chi connectivity index (χ4v) is 10.4. The molecule has 7 heteroatoms. The van der Waals surface area contributed by atoms with Gasteiger partial charge in [0.15, 0.2) is 0 Å². The second kappa shape index (κ2) is 8.55. The van der Waals surface area contributed by atoms with E-state index in [2.05, 4.69) is 26.0 Å². The van der Waals surface area contributed by atoms with Crippen molar-refractivity contribution in [2.45, 2.75) is 88.1 Å². The van der Waals surface area contributed by atoms with Gasteiger partial charge in [-0.05, 0) is 80.1 Å². The van der Waals surface area contributed by atoms with Gasteiger partial charge in [-0.1, -0.05) is 50.1 Å². The van der Waals surface area contributed by atoms with Crippen molar-refractivity contribution in [1.82, 2.24) is 4.31 Å². The molecule has 5 nitrogen and oxygen atoms in total. The molecule has 0 unspecified atom stereocenters. The van der Waals surface area contributed by atoms with Crippen LogP contribution in [0.25, 0.3) is 0 Å². The average molecular weight is 506 g/mol. The van der Waals surface area contributed by atoms with Gasteiger partial charge in [0.1, 0.15) is 4.21 Å². The third kappa shape index (κ3) is 3.61. The standard InChI is InChI=1S/C27H39NO4S2/c1-4-15-28(34(31,32)24-6-5-16-33-24)18-27(30)14-11-23-21-8-7-19-17-20(29)9-12-25(19,2)22(21)10-13-26(23,27)3/h5-8,16,20,22-23,29-30H,4,9-15,17-18H2,1-3H3/t20-,22-,23-,25-,26-,27+/m0/s1. The first kappa shape index (κ1) is 24.7. The fraction of sp³-hybridized carbons (Fsp3) is 0.704. The summed E-state index contributed by atoms with van der Waals surface area (Å²) in [6.45, 7) is 7.15. The fourth-order valence-electron chi connectivity index (χ4n) is 7.72. The number of thiophene rings is 1. The van der Waals surface area contributed by atoms with Gasteiger partial charge in [-0.25, -0.2) is 8.42 Å². The summed E-state index contributed by atoms with van der Waals surface area (Å²) >= 11 is 1.24. The molecule has 4 aliphatic carbocycles. The lowest BCUT2D eigenvalue weighted by Gasteiger charge is -2.56. The first-order chi connectivity index (χ1) is 16.0. The number of hydrogen-bond donors (Lipinski definition) is 2. The number of hydrogen-bond acceptors (Lipinski definition) is 5. The van der Waals surface area contributed by atoms with Gasteiger partial charge >= 0.3 is 0 Å². The number of allylic oxidation sites excluding steroid dienone is 3. The summed E-state index contributed by atoms with van der Waals surface area (Å²) in [5.74, 6) is 0.729. The molecule has 0 radical (unpaired) electrons. The van der Waals surface area contributed by atoms with Gasteiger partial charge in [-0.2, -0.15) is 4.31 Å². The lowest BCUT2D eigenvalue weighted by molar-refractivity contribution is -0.0927. The number of nitrogens with zero attached hydrogens (tertiary/aromatic N) is 1. The zero-order valence-corrected chi connectivity index (χ0v) is 22.3. The molecule has 1 heterocycles. The second-order valence-corrected chi connectivity index (χ2v) is 14.7. The van der Waals surface area contributed by atoms with Gasteiger partial charge in [0.25, 0.3) is 10.0 Å². The molecule has 1 aromatic rings. The Balaban J connectivity index is 1.45. The second-order valence-electron chi connectivity index (χ2n) is 11.6. The predicted molar refractivity (Wildman–Crippen MR) is 136 cm³/mol. The van der Waals surface area contributed by atoms with E-state index in [-0.39, 0.29) is 29.4 Å². The van der Waals surface area contributed by atoms with Crippen molar-refractivity contribution < 1.29 is 18.6 Å². The SMILES string of the molecule is CCCN(C[C@]1(O)CC[C@H]2C3=CC=C4C[C@@H](O)CC[C@]4(C)[C@H]3CC[C@@]21C)S(=O)(=O)c1cccs1. The molecule has 0 spiro atoms.